The molecule has 126 valence electrons. The smallest absolute Gasteiger partial charge is 0.225 e. The third-order valence-corrected chi connectivity index (χ3v) is 4.26. The van der Waals surface area contributed by atoms with E-state index in [9.17, 15) is 13.6 Å². The van der Waals surface area contributed by atoms with Crippen LogP contribution < -0.4 is 9.80 Å². The Morgan fingerprint density at radius 1 is 1.17 bits per heavy atom. The van der Waals surface area contributed by atoms with Crippen molar-refractivity contribution < 1.29 is 13.6 Å². The Labute approximate surface area is 138 Å². The molecule has 7 heteroatoms. The van der Waals surface area contributed by atoms with Crippen molar-refractivity contribution >= 4 is 17.9 Å². The lowest BCUT2D eigenvalue weighted by Gasteiger charge is -2.26. The van der Waals surface area contributed by atoms with Crippen LogP contribution in [0.3, 0.4) is 0 Å². The number of carbonyl (C=O) groups excluding carboxylic acids is 1. The van der Waals surface area contributed by atoms with Crippen molar-refractivity contribution in [1.29, 1.82) is 0 Å². The van der Waals surface area contributed by atoms with Gasteiger partial charge in [0.05, 0.1) is 11.3 Å². The summed E-state index contributed by atoms with van der Waals surface area (Å²) in [6.07, 6.45) is 4.47. The maximum absolute atomic E-state index is 14.0. The SMILES string of the molecule is CC1CCN(c2ccc(F)cc2F)CCN1c1ncc(C=O)cn1. The average Bonchev–Trinajstić information content (AvgIpc) is 2.77. The molecule has 2 heterocycles. The number of aldehydes is 1. The number of rotatable bonds is 3. The van der Waals surface area contributed by atoms with Crippen molar-refractivity contribution in [3.8, 4) is 0 Å². The number of aromatic nitrogens is 2. The molecule has 1 aromatic heterocycles. The van der Waals surface area contributed by atoms with E-state index in [0.29, 0.717) is 43.1 Å². The zero-order valence-corrected chi connectivity index (χ0v) is 13.3. The van der Waals surface area contributed by atoms with Crippen LogP contribution in [0.2, 0.25) is 0 Å². The van der Waals surface area contributed by atoms with E-state index in [-0.39, 0.29) is 6.04 Å². The summed E-state index contributed by atoms with van der Waals surface area (Å²) in [7, 11) is 0. The molecule has 0 saturated carbocycles. The first-order chi connectivity index (χ1) is 11.6. The molecule has 0 radical (unpaired) electrons. The minimum absolute atomic E-state index is 0.167. The molecule has 3 rings (SSSR count). The van der Waals surface area contributed by atoms with Gasteiger partial charge in [-0.05, 0) is 25.5 Å². The van der Waals surface area contributed by atoms with Gasteiger partial charge in [0.15, 0.2) is 6.29 Å². The first kappa shape index (κ1) is 16.3. The van der Waals surface area contributed by atoms with E-state index in [0.717, 1.165) is 12.5 Å². The summed E-state index contributed by atoms with van der Waals surface area (Å²) in [6.45, 7) is 3.90. The van der Waals surface area contributed by atoms with Crippen molar-refractivity contribution in [2.45, 2.75) is 19.4 Å². The standard InChI is InChI=1S/C17H18F2N4O/c1-12-4-5-22(16-3-2-14(18)8-15(16)19)6-7-23(12)17-20-9-13(11-24)10-21-17/h2-3,8-12H,4-7H2,1H3. The minimum Gasteiger partial charge on any atom is -0.367 e. The Hall–Kier alpha value is -2.57. The van der Waals surface area contributed by atoms with Crippen LogP contribution in [-0.4, -0.2) is 41.9 Å². The zero-order chi connectivity index (χ0) is 17.1. The van der Waals surface area contributed by atoms with Crippen molar-refractivity contribution in [3.05, 3.63) is 47.8 Å². The van der Waals surface area contributed by atoms with Crippen LogP contribution in [0.1, 0.15) is 23.7 Å². The first-order valence-electron chi connectivity index (χ1n) is 7.82. The van der Waals surface area contributed by atoms with E-state index in [4.69, 9.17) is 0 Å². The Morgan fingerprint density at radius 2 is 1.92 bits per heavy atom. The summed E-state index contributed by atoms with van der Waals surface area (Å²) in [5.74, 6) is -0.582. The number of nitrogens with zero attached hydrogens (tertiary/aromatic N) is 4. The lowest BCUT2D eigenvalue weighted by atomic mass is 10.2. The van der Waals surface area contributed by atoms with Gasteiger partial charge in [0.2, 0.25) is 5.95 Å². The highest BCUT2D eigenvalue weighted by Gasteiger charge is 2.24. The fourth-order valence-corrected chi connectivity index (χ4v) is 2.88. The van der Waals surface area contributed by atoms with Crippen molar-refractivity contribution in [2.75, 3.05) is 29.4 Å². The lowest BCUT2D eigenvalue weighted by Crippen LogP contribution is -2.36. The van der Waals surface area contributed by atoms with E-state index in [1.807, 2.05) is 9.80 Å². The van der Waals surface area contributed by atoms with Crippen LogP contribution in [-0.2, 0) is 0 Å². The van der Waals surface area contributed by atoms with Crippen LogP contribution in [0.25, 0.3) is 0 Å². The quantitative estimate of drug-likeness (QED) is 0.809. The highest BCUT2D eigenvalue weighted by atomic mass is 19.1. The van der Waals surface area contributed by atoms with Crippen LogP contribution in [0.4, 0.5) is 20.4 Å². The number of benzene rings is 1. The largest absolute Gasteiger partial charge is 0.367 e. The molecule has 0 bridgehead atoms. The van der Waals surface area contributed by atoms with Gasteiger partial charge in [-0.25, -0.2) is 18.7 Å². The summed E-state index contributed by atoms with van der Waals surface area (Å²) in [5.41, 5.74) is 0.832. The maximum atomic E-state index is 14.0. The molecule has 1 atom stereocenters. The van der Waals surface area contributed by atoms with Gasteiger partial charge in [0.25, 0.3) is 0 Å². The molecule has 24 heavy (non-hydrogen) atoms. The van der Waals surface area contributed by atoms with Gasteiger partial charge in [0, 0.05) is 44.1 Å². The molecule has 5 nitrogen and oxygen atoms in total. The van der Waals surface area contributed by atoms with E-state index in [1.54, 1.807) is 0 Å². The van der Waals surface area contributed by atoms with Crippen LogP contribution >= 0.6 is 0 Å². The summed E-state index contributed by atoms with van der Waals surface area (Å²) >= 11 is 0. The van der Waals surface area contributed by atoms with E-state index < -0.39 is 11.6 Å². The molecule has 1 aliphatic rings. The van der Waals surface area contributed by atoms with Crippen molar-refractivity contribution in [2.24, 2.45) is 0 Å². The topological polar surface area (TPSA) is 49.3 Å². The third-order valence-electron chi connectivity index (χ3n) is 4.26. The fraction of sp³-hybridized carbons (Fsp3) is 0.353. The molecule has 1 aromatic carbocycles. The summed E-state index contributed by atoms with van der Waals surface area (Å²) in [6, 6.07) is 3.81. The van der Waals surface area contributed by atoms with Gasteiger partial charge in [-0.1, -0.05) is 0 Å². The zero-order valence-electron chi connectivity index (χ0n) is 13.3. The first-order valence-corrected chi connectivity index (χ1v) is 7.82. The number of hydrogen-bond donors (Lipinski definition) is 0. The number of carbonyl (C=O) groups is 1. The molecule has 1 aliphatic heterocycles. The lowest BCUT2D eigenvalue weighted by molar-refractivity contribution is 0.112. The molecule has 0 amide bonds. The number of anilines is 2. The van der Waals surface area contributed by atoms with E-state index >= 15 is 0 Å². The molecule has 0 aliphatic carbocycles. The predicted octanol–water partition coefficient (Wildman–Crippen LogP) is 2.67. The molecule has 0 N–H and O–H groups in total. The summed E-state index contributed by atoms with van der Waals surface area (Å²) in [4.78, 5) is 23.1. The van der Waals surface area contributed by atoms with Gasteiger partial charge >= 0.3 is 0 Å². The molecular weight excluding hydrogens is 314 g/mol. The highest BCUT2D eigenvalue weighted by molar-refractivity contribution is 5.73. The van der Waals surface area contributed by atoms with Crippen LogP contribution in [0.5, 0.6) is 0 Å². The van der Waals surface area contributed by atoms with Gasteiger partial charge in [0.1, 0.15) is 11.6 Å². The second kappa shape index (κ2) is 6.90. The summed E-state index contributed by atoms with van der Waals surface area (Å²) in [5, 5.41) is 0. The van der Waals surface area contributed by atoms with Crippen LogP contribution in [0.15, 0.2) is 30.6 Å². The van der Waals surface area contributed by atoms with Crippen molar-refractivity contribution in [1.82, 2.24) is 9.97 Å². The third kappa shape index (κ3) is 3.34. The molecule has 1 saturated heterocycles. The molecular formula is C17H18F2N4O. The molecule has 1 unspecified atom stereocenters. The Kier molecular flexibility index (Phi) is 4.69. The van der Waals surface area contributed by atoms with Gasteiger partial charge < -0.3 is 9.80 Å². The second-order valence-corrected chi connectivity index (χ2v) is 5.85. The van der Waals surface area contributed by atoms with Gasteiger partial charge in [-0.15, -0.1) is 0 Å². The molecule has 1 fully saturated rings. The van der Waals surface area contributed by atoms with Crippen molar-refractivity contribution in [3.63, 3.8) is 0 Å². The maximum Gasteiger partial charge on any atom is 0.225 e. The highest BCUT2D eigenvalue weighted by Crippen LogP contribution is 2.24. The minimum atomic E-state index is -0.579. The molecule has 2 aromatic rings. The predicted molar refractivity (Wildman–Crippen MR) is 87.4 cm³/mol. The normalized spacial score (nSPS) is 18.4. The van der Waals surface area contributed by atoms with E-state index in [1.165, 1.54) is 24.5 Å². The van der Waals surface area contributed by atoms with Gasteiger partial charge in [-0.2, -0.15) is 0 Å². The monoisotopic (exact) mass is 332 g/mol. The average molecular weight is 332 g/mol. The second-order valence-electron chi connectivity index (χ2n) is 5.85. The number of hydrogen-bond acceptors (Lipinski definition) is 5. The van der Waals surface area contributed by atoms with Gasteiger partial charge in [-0.3, -0.25) is 4.79 Å². The summed E-state index contributed by atoms with van der Waals surface area (Å²) < 4.78 is 27.1. The molecule has 0 spiro atoms. The fourth-order valence-electron chi connectivity index (χ4n) is 2.88. The Morgan fingerprint density at radius 3 is 2.58 bits per heavy atom. The van der Waals surface area contributed by atoms with E-state index in [2.05, 4.69) is 16.9 Å². The number of halogens is 2. The van der Waals surface area contributed by atoms with Crippen LogP contribution in [0, 0.1) is 11.6 Å². The Balaban J connectivity index is 1.78. The Bertz CT molecular complexity index is 723.